The van der Waals surface area contributed by atoms with Gasteiger partial charge in [-0.1, -0.05) is 22.9 Å². The van der Waals surface area contributed by atoms with Crippen molar-refractivity contribution < 1.29 is 0 Å². The van der Waals surface area contributed by atoms with E-state index >= 15 is 0 Å². The quantitative estimate of drug-likeness (QED) is 0.527. The number of thioether (sulfide) groups is 1. The molecule has 0 fully saturated rings. The van der Waals surface area contributed by atoms with Gasteiger partial charge in [-0.3, -0.25) is 0 Å². The van der Waals surface area contributed by atoms with Crippen LogP contribution >= 0.6 is 27.7 Å². The summed E-state index contributed by atoms with van der Waals surface area (Å²) in [4.78, 5) is 0. The smallest absolute Gasteiger partial charge is 0.00579 e. The molecule has 0 heterocycles. The lowest BCUT2D eigenvalue weighted by molar-refractivity contribution is 0.713. The zero-order valence-corrected chi connectivity index (χ0v) is 8.93. The minimum atomic E-state index is 1.11. The normalized spacial score (nSPS) is 10.2. The van der Waals surface area contributed by atoms with Crippen molar-refractivity contribution in [3.63, 3.8) is 0 Å². The minimum absolute atomic E-state index is 1.11. The predicted molar refractivity (Wildman–Crippen MR) is 54.3 cm³/mol. The lowest BCUT2D eigenvalue weighted by Crippen LogP contribution is -2.18. The Hall–Kier alpha value is 0.790. The molecule has 0 aliphatic carbocycles. The third-order valence-electron chi connectivity index (χ3n) is 1.11. The summed E-state index contributed by atoms with van der Waals surface area (Å²) in [6.07, 6.45) is 1.23. The van der Waals surface area contributed by atoms with E-state index in [0.29, 0.717) is 0 Å². The molecule has 0 aliphatic rings. The predicted octanol–water partition coefficient (Wildman–Crippen LogP) is 2.11. The van der Waals surface area contributed by atoms with Gasteiger partial charge in [-0.2, -0.15) is 11.8 Å². The average Bonchev–Trinajstić information content (AvgIpc) is 1.97. The Kier molecular flexibility index (Phi) is 10.6. The summed E-state index contributed by atoms with van der Waals surface area (Å²) in [5, 5.41) is 4.48. The fourth-order valence-corrected chi connectivity index (χ4v) is 1.46. The highest BCUT2D eigenvalue weighted by molar-refractivity contribution is 9.09. The van der Waals surface area contributed by atoms with E-state index in [2.05, 4.69) is 28.2 Å². The van der Waals surface area contributed by atoms with Crippen LogP contribution in [0.4, 0.5) is 0 Å². The molecule has 0 aromatic heterocycles. The molecule has 1 nitrogen and oxygen atoms in total. The molecule has 0 aromatic carbocycles. The number of alkyl halides is 1. The lowest BCUT2D eigenvalue weighted by Gasteiger charge is -2.00. The van der Waals surface area contributed by atoms with Crippen LogP contribution in [0.15, 0.2) is 0 Å². The van der Waals surface area contributed by atoms with Crippen molar-refractivity contribution in [3.05, 3.63) is 0 Å². The summed E-state index contributed by atoms with van der Waals surface area (Å²) in [5.74, 6) is 2.49. The standard InChI is InChI=1S/C7H16BrNS/c1-2-10-7-6-9-5-3-4-8/h9H,2-7H2,1H3. The molecule has 0 spiro atoms. The van der Waals surface area contributed by atoms with Gasteiger partial charge in [0.1, 0.15) is 0 Å². The number of hydrogen-bond donors (Lipinski definition) is 1. The van der Waals surface area contributed by atoms with E-state index in [1.165, 1.54) is 17.9 Å². The molecule has 62 valence electrons. The van der Waals surface area contributed by atoms with Crippen LogP contribution in [0.25, 0.3) is 0 Å². The van der Waals surface area contributed by atoms with Crippen molar-refractivity contribution in [2.45, 2.75) is 13.3 Å². The molecule has 0 saturated heterocycles. The second-order valence-corrected chi connectivity index (χ2v) is 4.18. The second-order valence-electron chi connectivity index (χ2n) is 1.99. The largest absolute Gasteiger partial charge is 0.316 e. The van der Waals surface area contributed by atoms with Crippen LogP contribution in [0.1, 0.15) is 13.3 Å². The fourth-order valence-electron chi connectivity index (χ4n) is 0.605. The summed E-state index contributed by atoms with van der Waals surface area (Å²) in [5.41, 5.74) is 0. The SMILES string of the molecule is CCSCCNCCCBr. The van der Waals surface area contributed by atoms with Crippen LogP contribution in [0.5, 0.6) is 0 Å². The van der Waals surface area contributed by atoms with E-state index < -0.39 is 0 Å². The van der Waals surface area contributed by atoms with Gasteiger partial charge in [0.15, 0.2) is 0 Å². The van der Waals surface area contributed by atoms with Gasteiger partial charge in [0, 0.05) is 17.6 Å². The molecule has 3 heteroatoms. The van der Waals surface area contributed by atoms with Crippen molar-refractivity contribution in [1.82, 2.24) is 5.32 Å². The fraction of sp³-hybridized carbons (Fsp3) is 1.00. The van der Waals surface area contributed by atoms with Crippen LogP contribution < -0.4 is 5.32 Å². The van der Waals surface area contributed by atoms with Gasteiger partial charge in [0.25, 0.3) is 0 Å². The first-order valence-corrected chi connectivity index (χ1v) is 6.03. The number of hydrogen-bond acceptors (Lipinski definition) is 2. The summed E-state index contributed by atoms with van der Waals surface area (Å²) in [6, 6.07) is 0. The highest BCUT2D eigenvalue weighted by Gasteiger charge is 1.85. The van der Waals surface area contributed by atoms with Crippen molar-refractivity contribution in [2.75, 3.05) is 29.9 Å². The van der Waals surface area contributed by atoms with Gasteiger partial charge >= 0.3 is 0 Å². The molecule has 1 N–H and O–H groups in total. The zero-order valence-electron chi connectivity index (χ0n) is 6.53. The molecule has 0 bridgehead atoms. The first-order chi connectivity index (χ1) is 4.91. The maximum absolute atomic E-state index is 3.39. The first kappa shape index (κ1) is 10.8. The monoisotopic (exact) mass is 225 g/mol. The summed E-state index contributed by atoms with van der Waals surface area (Å²) in [7, 11) is 0. The van der Waals surface area contributed by atoms with Gasteiger partial charge in [0.05, 0.1) is 0 Å². The van der Waals surface area contributed by atoms with Crippen LogP contribution in [-0.2, 0) is 0 Å². The van der Waals surface area contributed by atoms with E-state index in [1.54, 1.807) is 0 Å². The van der Waals surface area contributed by atoms with Gasteiger partial charge in [-0.25, -0.2) is 0 Å². The van der Waals surface area contributed by atoms with Crippen LogP contribution in [-0.4, -0.2) is 29.9 Å². The van der Waals surface area contributed by atoms with Crippen molar-refractivity contribution >= 4 is 27.7 Å². The maximum atomic E-state index is 3.39. The van der Waals surface area contributed by atoms with Gasteiger partial charge < -0.3 is 5.32 Å². The van der Waals surface area contributed by atoms with E-state index in [4.69, 9.17) is 0 Å². The molecule has 0 aromatic rings. The Balaban J connectivity index is 2.65. The Morgan fingerprint density at radius 2 is 2.20 bits per heavy atom. The first-order valence-electron chi connectivity index (χ1n) is 3.76. The van der Waals surface area contributed by atoms with Gasteiger partial charge in [0.2, 0.25) is 0 Å². The van der Waals surface area contributed by atoms with E-state index in [9.17, 15) is 0 Å². The van der Waals surface area contributed by atoms with E-state index in [0.717, 1.165) is 18.4 Å². The molecule has 0 amide bonds. The molecule has 0 atom stereocenters. The Labute approximate surface area is 76.5 Å². The van der Waals surface area contributed by atoms with Crippen molar-refractivity contribution in [3.8, 4) is 0 Å². The highest BCUT2D eigenvalue weighted by atomic mass is 79.9. The third kappa shape index (κ3) is 8.79. The molecule has 0 rings (SSSR count). The molecule has 0 aliphatic heterocycles. The van der Waals surface area contributed by atoms with Crippen LogP contribution in [0.2, 0.25) is 0 Å². The van der Waals surface area contributed by atoms with Crippen LogP contribution in [0.3, 0.4) is 0 Å². The Morgan fingerprint density at radius 3 is 2.80 bits per heavy atom. The maximum Gasteiger partial charge on any atom is 0.00579 e. The van der Waals surface area contributed by atoms with E-state index in [1.807, 2.05) is 11.8 Å². The van der Waals surface area contributed by atoms with Gasteiger partial charge in [-0.15, -0.1) is 0 Å². The molecular weight excluding hydrogens is 210 g/mol. The second kappa shape index (κ2) is 9.79. The third-order valence-corrected chi connectivity index (χ3v) is 2.58. The van der Waals surface area contributed by atoms with Gasteiger partial charge in [-0.05, 0) is 18.7 Å². The highest BCUT2D eigenvalue weighted by Crippen LogP contribution is 1.94. The zero-order chi connectivity index (χ0) is 7.66. The summed E-state index contributed by atoms with van der Waals surface area (Å²) >= 11 is 5.38. The summed E-state index contributed by atoms with van der Waals surface area (Å²) < 4.78 is 0. The lowest BCUT2D eigenvalue weighted by atomic mass is 10.5. The van der Waals surface area contributed by atoms with Crippen molar-refractivity contribution in [2.24, 2.45) is 0 Å². The Morgan fingerprint density at radius 1 is 1.40 bits per heavy atom. The molecule has 0 radical (unpaired) electrons. The summed E-state index contributed by atoms with van der Waals surface area (Å²) in [6.45, 7) is 4.50. The topological polar surface area (TPSA) is 12.0 Å². The number of rotatable bonds is 7. The average molecular weight is 226 g/mol. The van der Waals surface area contributed by atoms with E-state index in [-0.39, 0.29) is 0 Å². The van der Waals surface area contributed by atoms with Crippen molar-refractivity contribution in [1.29, 1.82) is 0 Å². The number of halogens is 1. The Bertz CT molecular complexity index is 53.6. The minimum Gasteiger partial charge on any atom is -0.316 e. The van der Waals surface area contributed by atoms with Crippen LogP contribution in [0, 0.1) is 0 Å². The molecule has 10 heavy (non-hydrogen) atoms. The molecule has 0 unspecified atom stereocenters. The molecular formula is C7H16BrNS. The number of nitrogens with one attached hydrogen (secondary N) is 1. The molecule has 0 saturated carbocycles.